The molecular formula is C15H18N2. The highest BCUT2D eigenvalue weighted by Gasteiger charge is 2.34. The van der Waals surface area contributed by atoms with E-state index in [4.69, 9.17) is 0 Å². The van der Waals surface area contributed by atoms with Crippen LogP contribution in [0.5, 0.6) is 0 Å². The summed E-state index contributed by atoms with van der Waals surface area (Å²) in [6.45, 7) is 7.09. The van der Waals surface area contributed by atoms with Gasteiger partial charge in [0.05, 0.1) is 0 Å². The molecule has 2 heteroatoms. The standard InChI is InChI=1S/C15H18N2/c1-2-17-13-6-4-3-5-12(13)15-11-7-8-16(9-11)10-14(15)17/h3-6,11H,2,7-10H2,1H3. The van der Waals surface area contributed by atoms with Gasteiger partial charge in [-0.1, -0.05) is 18.2 Å². The highest BCUT2D eigenvalue weighted by molar-refractivity contribution is 5.86. The zero-order valence-corrected chi connectivity index (χ0v) is 10.3. The minimum atomic E-state index is 0.788. The number of benzene rings is 1. The van der Waals surface area contributed by atoms with E-state index in [1.54, 1.807) is 11.3 Å². The predicted molar refractivity (Wildman–Crippen MR) is 70.2 cm³/mol. The first-order chi connectivity index (χ1) is 8.38. The Hall–Kier alpha value is -1.28. The number of nitrogens with zero attached hydrogens (tertiary/aromatic N) is 2. The first-order valence-electron chi connectivity index (χ1n) is 6.71. The summed E-state index contributed by atoms with van der Waals surface area (Å²) in [4.78, 5) is 2.61. The first kappa shape index (κ1) is 9.72. The van der Waals surface area contributed by atoms with Gasteiger partial charge in [0.2, 0.25) is 0 Å². The number of para-hydroxylation sites is 1. The normalized spacial score (nSPS) is 26.4. The van der Waals surface area contributed by atoms with Crippen LogP contribution in [0.1, 0.15) is 30.5 Å². The van der Waals surface area contributed by atoms with E-state index in [1.807, 2.05) is 0 Å². The number of hydrogen-bond donors (Lipinski definition) is 0. The number of fused-ring (bicyclic) bond motifs is 6. The Bertz CT molecular complexity index is 582. The number of rotatable bonds is 1. The smallest absolute Gasteiger partial charge is 0.0485 e. The molecule has 17 heavy (non-hydrogen) atoms. The topological polar surface area (TPSA) is 8.17 Å². The minimum absolute atomic E-state index is 0.788. The lowest BCUT2D eigenvalue weighted by Gasteiger charge is -2.24. The Morgan fingerprint density at radius 3 is 3.06 bits per heavy atom. The molecule has 0 N–H and O–H groups in total. The van der Waals surface area contributed by atoms with Crippen LogP contribution in [0.2, 0.25) is 0 Å². The summed E-state index contributed by atoms with van der Waals surface area (Å²) in [7, 11) is 0. The highest BCUT2D eigenvalue weighted by Crippen LogP contribution is 2.41. The summed E-state index contributed by atoms with van der Waals surface area (Å²) in [5.41, 5.74) is 4.69. The average Bonchev–Trinajstić information content (AvgIpc) is 2.89. The fourth-order valence-corrected chi connectivity index (χ4v) is 3.79. The maximum absolute atomic E-state index is 2.61. The van der Waals surface area contributed by atoms with E-state index in [2.05, 4.69) is 40.7 Å². The molecule has 4 rings (SSSR count). The van der Waals surface area contributed by atoms with Crippen molar-refractivity contribution in [2.24, 2.45) is 0 Å². The van der Waals surface area contributed by atoms with Gasteiger partial charge in [-0.05, 0) is 31.5 Å². The molecule has 0 radical (unpaired) electrons. The third kappa shape index (κ3) is 1.19. The summed E-state index contributed by atoms with van der Waals surface area (Å²) >= 11 is 0. The quantitative estimate of drug-likeness (QED) is 0.725. The Kier molecular flexibility index (Phi) is 1.92. The Morgan fingerprint density at radius 1 is 1.29 bits per heavy atom. The van der Waals surface area contributed by atoms with E-state index in [0.29, 0.717) is 0 Å². The fraction of sp³-hybridized carbons (Fsp3) is 0.467. The maximum atomic E-state index is 2.61. The second kappa shape index (κ2) is 3.36. The molecule has 0 spiro atoms. The molecule has 1 fully saturated rings. The molecule has 0 saturated carbocycles. The van der Waals surface area contributed by atoms with Gasteiger partial charge >= 0.3 is 0 Å². The monoisotopic (exact) mass is 226 g/mol. The number of hydrogen-bond acceptors (Lipinski definition) is 1. The van der Waals surface area contributed by atoms with Crippen LogP contribution in [-0.4, -0.2) is 22.6 Å². The van der Waals surface area contributed by atoms with Crippen LogP contribution in [0, 0.1) is 0 Å². The molecule has 3 heterocycles. The largest absolute Gasteiger partial charge is 0.343 e. The van der Waals surface area contributed by atoms with E-state index < -0.39 is 0 Å². The fourth-order valence-electron chi connectivity index (χ4n) is 3.79. The van der Waals surface area contributed by atoms with Crippen molar-refractivity contribution in [1.82, 2.24) is 9.47 Å². The summed E-state index contributed by atoms with van der Waals surface area (Å²) in [6, 6.07) is 8.94. The third-order valence-electron chi connectivity index (χ3n) is 4.49. The summed E-state index contributed by atoms with van der Waals surface area (Å²) in [5.74, 6) is 0.788. The van der Waals surface area contributed by atoms with Crippen LogP contribution >= 0.6 is 0 Å². The van der Waals surface area contributed by atoms with Gasteiger partial charge in [0.25, 0.3) is 0 Å². The number of aryl methyl sites for hydroxylation is 1. The molecule has 2 atom stereocenters. The molecule has 2 unspecified atom stereocenters. The van der Waals surface area contributed by atoms with Gasteiger partial charge in [-0.2, -0.15) is 0 Å². The maximum Gasteiger partial charge on any atom is 0.0485 e. The van der Waals surface area contributed by atoms with Gasteiger partial charge in [-0.3, -0.25) is 4.90 Å². The molecule has 2 nitrogen and oxygen atoms in total. The van der Waals surface area contributed by atoms with Crippen molar-refractivity contribution < 1.29 is 0 Å². The van der Waals surface area contributed by atoms with Crippen molar-refractivity contribution in [2.75, 3.05) is 13.1 Å². The average molecular weight is 226 g/mol. The van der Waals surface area contributed by atoms with Gasteiger partial charge in [-0.25, -0.2) is 0 Å². The van der Waals surface area contributed by atoms with Crippen molar-refractivity contribution in [1.29, 1.82) is 0 Å². The van der Waals surface area contributed by atoms with Gasteiger partial charge in [-0.15, -0.1) is 0 Å². The molecule has 2 aliphatic rings. The zero-order valence-electron chi connectivity index (χ0n) is 10.3. The minimum Gasteiger partial charge on any atom is -0.343 e. The Morgan fingerprint density at radius 2 is 2.18 bits per heavy atom. The molecule has 0 amide bonds. The van der Waals surface area contributed by atoms with Gasteiger partial charge in [0.15, 0.2) is 0 Å². The molecule has 2 aromatic rings. The summed E-state index contributed by atoms with van der Waals surface area (Å²) in [6.07, 6.45) is 1.35. The van der Waals surface area contributed by atoms with Gasteiger partial charge < -0.3 is 4.57 Å². The van der Waals surface area contributed by atoms with E-state index in [9.17, 15) is 0 Å². The molecule has 1 saturated heterocycles. The van der Waals surface area contributed by atoms with Gasteiger partial charge in [0.1, 0.15) is 0 Å². The molecule has 2 aliphatic heterocycles. The van der Waals surface area contributed by atoms with Crippen molar-refractivity contribution in [2.45, 2.75) is 32.4 Å². The van der Waals surface area contributed by atoms with E-state index in [1.165, 1.54) is 30.4 Å². The lowest BCUT2D eigenvalue weighted by molar-refractivity contribution is 0.304. The molecule has 88 valence electrons. The van der Waals surface area contributed by atoms with Crippen molar-refractivity contribution in [3.8, 4) is 0 Å². The molecule has 1 aromatic carbocycles. The molecular weight excluding hydrogens is 208 g/mol. The van der Waals surface area contributed by atoms with Gasteiger partial charge in [0, 0.05) is 42.1 Å². The lowest BCUT2D eigenvalue weighted by Crippen LogP contribution is -2.26. The SMILES string of the molecule is CCn1c2c(c3ccccc31)C1CCN(C2)C1. The van der Waals surface area contributed by atoms with Crippen LogP contribution in [-0.2, 0) is 13.1 Å². The van der Waals surface area contributed by atoms with Crippen LogP contribution in [0.25, 0.3) is 10.9 Å². The molecule has 0 aliphatic carbocycles. The zero-order chi connectivity index (χ0) is 11.4. The van der Waals surface area contributed by atoms with Crippen LogP contribution < -0.4 is 0 Å². The second-order valence-corrected chi connectivity index (χ2v) is 5.34. The van der Waals surface area contributed by atoms with E-state index >= 15 is 0 Å². The molecule has 2 bridgehead atoms. The van der Waals surface area contributed by atoms with Crippen molar-refractivity contribution >= 4 is 10.9 Å². The van der Waals surface area contributed by atoms with Crippen molar-refractivity contribution in [3.63, 3.8) is 0 Å². The highest BCUT2D eigenvalue weighted by atomic mass is 15.2. The van der Waals surface area contributed by atoms with Crippen LogP contribution in [0.4, 0.5) is 0 Å². The first-order valence-corrected chi connectivity index (χ1v) is 6.71. The number of aromatic nitrogens is 1. The third-order valence-corrected chi connectivity index (χ3v) is 4.49. The van der Waals surface area contributed by atoms with Crippen LogP contribution in [0.3, 0.4) is 0 Å². The lowest BCUT2D eigenvalue weighted by atomic mass is 9.93. The predicted octanol–water partition coefficient (Wildman–Crippen LogP) is 2.96. The summed E-state index contributed by atoms with van der Waals surface area (Å²) < 4.78 is 2.52. The van der Waals surface area contributed by atoms with Crippen molar-refractivity contribution in [3.05, 3.63) is 35.5 Å². The Labute approximate surface area is 102 Å². The van der Waals surface area contributed by atoms with Crippen LogP contribution in [0.15, 0.2) is 24.3 Å². The summed E-state index contributed by atoms with van der Waals surface area (Å²) in [5, 5.41) is 1.51. The Balaban J connectivity index is 2.08. The van der Waals surface area contributed by atoms with E-state index in [0.717, 1.165) is 19.0 Å². The molecule has 1 aromatic heterocycles. The second-order valence-electron chi connectivity index (χ2n) is 5.34. The van der Waals surface area contributed by atoms with E-state index in [-0.39, 0.29) is 0 Å².